The third kappa shape index (κ3) is 3.57. The molecule has 0 aromatic heterocycles. The van der Waals surface area contributed by atoms with E-state index in [9.17, 15) is 0 Å². The Kier molecular flexibility index (Phi) is 5.86. The highest BCUT2D eigenvalue weighted by molar-refractivity contribution is 5.85. The van der Waals surface area contributed by atoms with Crippen molar-refractivity contribution in [1.82, 2.24) is 10.3 Å². The van der Waals surface area contributed by atoms with E-state index < -0.39 is 0 Å². The lowest BCUT2D eigenvalue weighted by Crippen LogP contribution is -2.48. The number of hydrogen-bond acceptors (Lipinski definition) is 4. The number of morpholine rings is 1. The summed E-state index contributed by atoms with van der Waals surface area (Å²) in [6, 6.07) is 1.33. The molecule has 3 N–H and O–H groups in total. The average Bonchev–Trinajstić information content (AvgIpc) is 2.30. The van der Waals surface area contributed by atoms with Crippen molar-refractivity contribution in [1.29, 1.82) is 0 Å². The number of halogens is 1. The van der Waals surface area contributed by atoms with E-state index in [1.165, 1.54) is 25.7 Å². The number of rotatable bonds is 2. The lowest BCUT2D eigenvalue weighted by Gasteiger charge is -2.38. The highest BCUT2D eigenvalue weighted by Gasteiger charge is 2.26. The van der Waals surface area contributed by atoms with Gasteiger partial charge < -0.3 is 4.74 Å². The van der Waals surface area contributed by atoms with E-state index >= 15 is 0 Å². The topological polar surface area (TPSA) is 50.5 Å². The fourth-order valence-electron chi connectivity index (χ4n) is 2.55. The Morgan fingerprint density at radius 1 is 1.07 bits per heavy atom. The zero-order valence-corrected chi connectivity index (χ0v) is 9.97. The minimum atomic E-state index is 0. The molecule has 0 unspecified atom stereocenters. The van der Waals surface area contributed by atoms with Crippen LogP contribution in [0, 0.1) is 0 Å². The van der Waals surface area contributed by atoms with Gasteiger partial charge in [-0.05, 0) is 25.7 Å². The summed E-state index contributed by atoms with van der Waals surface area (Å²) in [5.74, 6) is 5.44. The maximum atomic E-state index is 5.44. The Hall–Kier alpha value is 0.130. The molecule has 1 heterocycles. The summed E-state index contributed by atoms with van der Waals surface area (Å²) in [5, 5.41) is 0. The normalized spacial score (nSPS) is 33.4. The molecule has 15 heavy (non-hydrogen) atoms. The maximum Gasteiger partial charge on any atom is 0.0594 e. The van der Waals surface area contributed by atoms with Gasteiger partial charge in [0.1, 0.15) is 0 Å². The second-order valence-electron chi connectivity index (χ2n) is 4.32. The highest BCUT2D eigenvalue weighted by atomic mass is 35.5. The van der Waals surface area contributed by atoms with E-state index in [1.807, 2.05) is 0 Å². The zero-order chi connectivity index (χ0) is 9.80. The van der Waals surface area contributed by atoms with Crippen LogP contribution in [-0.4, -0.2) is 43.3 Å². The second-order valence-corrected chi connectivity index (χ2v) is 4.32. The van der Waals surface area contributed by atoms with Gasteiger partial charge in [0.2, 0.25) is 0 Å². The molecule has 0 bridgehead atoms. The van der Waals surface area contributed by atoms with E-state index in [4.69, 9.17) is 10.6 Å². The summed E-state index contributed by atoms with van der Waals surface area (Å²) in [6.07, 6.45) is 5.01. The van der Waals surface area contributed by atoms with Crippen molar-refractivity contribution in [2.24, 2.45) is 5.84 Å². The van der Waals surface area contributed by atoms with Crippen molar-refractivity contribution in [2.75, 3.05) is 26.3 Å². The van der Waals surface area contributed by atoms with Gasteiger partial charge in [0.25, 0.3) is 0 Å². The molecule has 2 fully saturated rings. The first-order valence-corrected chi connectivity index (χ1v) is 5.68. The molecule has 5 heteroatoms. The van der Waals surface area contributed by atoms with Gasteiger partial charge in [-0.1, -0.05) is 0 Å². The minimum absolute atomic E-state index is 0. The summed E-state index contributed by atoms with van der Waals surface area (Å²) in [6.45, 7) is 4.06. The Balaban J connectivity index is 0.00000112. The van der Waals surface area contributed by atoms with Crippen molar-refractivity contribution in [2.45, 2.75) is 37.8 Å². The summed E-state index contributed by atoms with van der Waals surface area (Å²) < 4.78 is 5.36. The third-order valence-electron chi connectivity index (χ3n) is 3.49. The van der Waals surface area contributed by atoms with Crippen molar-refractivity contribution in [3.63, 3.8) is 0 Å². The summed E-state index contributed by atoms with van der Waals surface area (Å²) in [4.78, 5) is 2.58. The standard InChI is InChI=1S/C10H21N3O.ClH/c11-12-9-1-3-10(4-2-9)13-5-7-14-8-6-13;/h9-10,12H,1-8,11H2;1H/t9-,10-;. The van der Waals surface area contributed by atoms with Crippen LogP contribution in [0.4, 0.5) is 0 Å². The van der Waals surface area contributed by atoms with Gasteiger partial charge in [0.15, 0.2) is 0 Å². The fourth-order valence-corrected chi connectivity index (χ4v) is 2.55. The first kappa shape index (κ1) is 13.2. The van der Waals surface area contributed by atoms with Crippen LogP contribution in [0.3, 0.4) is 0 Å². The smallest absolute Gasteiger partial charge is 0.0594 e. The predicted molar refractivity (Wildman–Crippen MR) is 63.0 cm³/mol. The average molecular weight is 236 g/mol. The zero-order valence-electron chi connectivity index (χ0n) is 9.15. The lowest BCUT2D eigenvalue weighted by molar-refractivity contribution is 0.00657. The molecule has 4 nitrogen and oxygen atoms in total. The first-order valence-electron chi connectivity index (χ1n) is 5.68. The number of nitrogens with two attached hydrogens (primary N) is 1. The van der Waals surface area contributed by atoms with Gasteiger partial charge >= 0.3 is 0 Å². The molecule has 1 saturated heterocycles. The molecule has 0 radical (unpaired) electrons. The van der Waals surface area contributed by atoms with E-state index in [0.717, 1.165) is 32.3 Å². The van der Waals surface area contributed by atoms with Gasteiger partial charge in [0, 0.05) is 25.2 Å². The van der Waals surface area contributed by atoms with Crippen molar-refractivity contribution >= 4 is 12.4 Å². The predicted octanol–water partition coefficient (Wildman–Crippen LogP) is 0.515. The van der Waals surface area contributed by atoms with Crippen LogP contribution < -0.4 is 11.3 Å². The molecule has 1 aliphatic carbocycles. The van der Waals surface area contributed by atoms with Crippen LogP contribution in [0.15, 0.2) is 0 Å². The molecule has 0 aromatic rings. The fraction of sp³-hybridized carbons (Fsp3) is 1.00. The molecule has 0 spiro atoms. The number of hydrazine groups is 1. The summed E-state index contributed by atoms with van der Waals surface area (Å²) in [7, 11) is 0. The molecule has 1 saturated carbocycles. The van der Waals surface area contributed by atoms with Crippen LogP contribution in [0.5, 0.6) is 0 Å². The number of ether oxygens (including phenoxy) is 1. The quantitative estimate of drug-likeness (QED) is 0.541. The van der Waals surface area contributed by atoms with Crippen LogP contribution in [0.25, 0.3) is 0 Å². The van der Waals surface area contributed by atoms with Gasteiger partial charge in [0.05, 0.1) is 13.2 Å². The number of hydrogen-bond donors (Lipinski definition) is 2. The molecule has 0 atom stereocenters. The summed E-state index contributed by atoms with van der Waals surface area (Å²) in [5.41, 5.74) is 2.88. The van der Waals surface area contributed by atoms with Crippen molar-refractivity contribution < 1.29 is 4.74 Å². The molecule has 2 aliphatic rings. The van der Waals surface area contributed by atoms with Crippen LogP contribution in [0.2, 0.25) is 0 Å². The molecule has 0 amide bonds. The highest BCUT2D eigenvalue weighted by Crippen LogP contribution is 2.23. The Morgan fingerprint density at radius 2 is 1.67 bits per heavy atom. The molecular weight excluding hydrogens is 214 g/mol. The number of nitrogens with one attached hydrogen (secondary N) is 1. The maximum absolute atomic E-state index is 5.44. The second kappa shape index (κ2) is 6.66. The van der Waals surface area contributed by atoms with Gasteiger partial charge in [-0.3, -0.25) is 16.2 Å². The lowest BCUT2D eigenvalue weighted by atomic mass is 9.90. The van der Waals surface area contributed by atoms with E-state index in [-0.39, 0.29) is 12.4 Å². The molecule has 2 rings (SSSR count). The Labute approximate surface area is 97.9 Å². The van der Waals surface area contributed by atoms with Crippen LogP contribution in [-0.2, 0) is 4.74 Å². The van der Waals surface area contributed by atoms with E-state index in [0.29, 0.717) is 6.04 Å². The van der Waals surface area contributed by atoms with E-state index in [2.05, 4.69) is 10.3 Å². The van der Waals surface area contributed by atoms with Crippen molar-refractivity contribution in [3.8, 4) is 0 Å². The molecule has 90 valence electrons. The van der Waals surface area contributed by atoms with Gasteiger partial charge in [-0.25, -0.2) is 0 Å². The number of nitrogens with zero attached hydrogens (tertiary/aromatic N) is 1. The first-order chi connectivity index (χ1) is 6.90. The summed E-state index contributed by atoms with van der Waals surface area (Å²) >= 11 is 0. The Bertz CT molecular complexity index is 168. The van der Waals surface area contributed by atoms with Gasteiger partial charge in [-0.15, -0.1) is 12.4 Å². The minimum Gasteiger partial charge on any atom is -0.379 e. The largest absolute Gasteiger partial charge is 0.379 e. The van der Waals surface area contributed by atoms with Gasteiger partial charge in [-0.2, -0.15) is 0 Å². The van der Waals surface area contributed by atoms with Crippen LogP contribution in [0.1, 0.15) is 25.7 Å². The van der Waals surface area contributed by atoms with Crippen LogP contribution >= 0.6 is 12.4 Å². The molecule has 0 aromatic carbocycles. The third-order valence-corrected chi connectivity index (χ3v) is 3.49. The van der Waals surface area contributed by atoms with Crippen molar-refractivity contribution in [3.05, 3.63) is 0 Å². The van der Waals surface area contributed by atoms with E-state index in [1.54, 1.807) is 0 Å². The monoisotopic (exact) mass is 235 g/mol. The molecule has 1 aliphatic heterocycles. The molecular formula is C10H22ClN3O. The SMILES string of the molecule is Cl.NN[C@H]1CC[C@H](N2CCOCC2)CC1. The Morgan fingerprint density at radius 3 is 2.20 bits per heavy atom.